The molecule has 9 nitrogen and oxygen atoms in total. The number of carboxylic acid groups (broad SMARTS) is 1. The second kappa shape index (κ2) is 6.61. The van der Waals surface area contributed by atoms with Gasteiger partial charge in [-0.2, -0.15) is 5.10 Å². The van der Waals surface area contributed by atoms with Crippen molar-refractivity contribution in [3.8, 4) is 0 Å². The third kappa shape index (κ3) is 4.95. The Kier molecular flexibility index (Phi) is 5.42. The van der Waals surface area contributed by atoms with E-state index >= 15 is 0 Å². The Morgan fingerprint density at radius 2 is 2.32 bits per heavy atom. The minimum atomic E-state index is -3.83. The fraction of sp³-hybridized carbons (Fsp3) is 0.556. The second-order valence-corrected chi connectivity index (χ2v) is 5.50. The molecule has 1 aromatic heterocycles. The zero-order chi connectivity index (χ0) is 14.5. The van der Waals surface area contributed by atoms with E-state index in [2.05, 4.69) is 14.6 Å². The van der Waals surface area contributed by atoms with Crippen LogP contribution in [0.2, 0.25) is 0 Å². The lowest BCUT2D eigenvalue weighted by atomic mass is 10.4. The maximum absolute atomic E-state index is 11.8. The van der Waals surface area contributed by atoms with E-state index in [1.807, 2.05) is 0 Å². The van der Waals surface area contributed by atoms with Crippen molar-refractivity contribution in [2.75, 3.05) is 20.3 Å². The van der Waals surface area contributed by atoms with Gasteiger partial charge < -0.3 is 14.9 Å². The molecule has 0 bridgehead atoms. The van der Waals surface area contributed by atoms with Crippen LogP contribution in [0, 0.1) is 0 Å². The van der Waals surface area contributed by atoms with E-state index in [4.69, 9.17) is 5.11 Å². The van der Waals surface area contributed by atoms with Gasteiger partial charge in [0.25, 0.3) is 0 Å². The predicted molar refractivity (Wildman–Crippen MR) is 62.9 cm³/mol. The molecule has 0 saturated carbocycles. The number of ether oxygens (including phenoxy) is 1. The van der Waals surface area contributed by atoms with E-state index in [1.54, 1.807) is 0 Å². The SMILES string of the molecule is COCC(O)CNS(=O)(=O)c1cnn(CC(=O)O)c1. The molecule has 0 amide bonds. The van der Waals surface area contributed by atoms with Crippen molar-refractivity contribution in [2.24, 2.45) is 0 Å². The Hall–Kier alpha value is -1.49. The van der Waals surface area contributed by atoms with Crippen LogP contribution in [0.15, 0.2) is 17.3 Å². The summed E-state index contributed by atoms with van der Waals surface area (Å²) in [5.74, 6) is -1.13. The van der Waals surface area contributed by atoms with Crippen molar-refractivity contribution in [3.05, 3.63) is 12.4 Å². The van der Waals surface area contributed by atoms with Gasteiger partial charge in [0.15, 0.2) is 0 Å². The van der Waals surface area contributed by atoms with Crippen molar-refractivity contribution in [3.63, 3.8) is 0 Å². The molecule has 0 fully saturated rings. The number of aromatic nitrogens is 2. The first-order valence-corrected chi connectivity index (χ1v) is 6.74. The van der Waals surface area contributed by atoms with E-state index in [0.717, 1.165) is 17.1 Å². The van der Waals surface area contributed by atoms with Gasteiger partial charge in [-0.05, 0) is 0 Å². The van der Waals surface area contributed by atoms with Crippen LogP contribution in [0.1, 0.15) is 0 Å². The Bertz CT molecular complexity index is 526. The van der Waals surface area contributed by atoms with Crippen molar-refractivity contribution in [1.82, 2.24) is 14.5 Å². The summed E-state index contributed by atoms with van der Waals surface area (Å²) in [7, 11) is -2.45. The third-order valence-electron chi connectivity index (χ3n) is 2.09. The highest BCUT2D eigenvalue weighted by molar-refractivity contribution is 7.89. The van der Waals surface area contributed by atoms with E-state index in [9.17, 15) is 18.3 Å². The zero-order valence-corrected chi connectivity index (χ0v) is 11.0. The van der Waals surface area contributed by atoms with E-state index in [-0.39, 0.29) is 18.0 Å². The topological polar surface area (TPSA) is 131 Å². The Labute approximate surface area is 109 Å². The van der Waals surface area contributed by atoms with Crippen molar-refractivity contribution >= 4 is 16.0 Å². The molecule has 0 aliphatic heterocycles. The highest BCUT2D eigenvalue weighted by Gasteiger charge is 2.18. The molecule has 1 heterocycles. The van der Waals surface area contributed by atoms with Gasteiger partial charge in [-0.15, -0.1) is 0 Å². The summed E-state index contributed by atoms with van der Waals surface area (Å²) in [6.07, 6.45) is 1.17. The summed E-state index contributed by atoms with van der Waals surface area (Å²) in [5, 5.41) is 21.5. The molecule has 0 radical (unpaired) electrons. The van der Waals surface area contributed by atoms with Gasteiger partial charge in [0.05, 0.1) is 18.9 Å². The molecule has 1 unspecified atom stereocenters. The number of methoxy groups -OCH3 is 1. The van der Waals surface area contributed by atoms with Gasteiger partial charge in [-0.3, -0.25) is 9.48 Å². The van der Waals surface area contributed by atoms with Gasteiger partial charge in [-0.25, -0.2) is 13.1 Å². The average molecular weight is 293 g/mol. The van der Waals surface area contributed by atoms with Crippen LogP contribution in [0.3, 0.4) is 0 Å². The first-order chi connectivity index (χ1) is 8.85. The molecule has 0 aliphatic rings. The van der Waals surface area contributed by atoms with Gasteiger partial charge in [0.1, 0.15) is 11.4 Å². The van der Waals surface area contributed by atoms with Crippen molar-refractivity contribution in [2.45, 2.75) is 17.5 Å². The fourth-order valence-corrected chi connectivity index (χ4v) is 2.27. The number of carbonyl (C=O) groups is 1. The Morgan fingerprint density at radius 3 is 2.89 bits per heavy atom. The minimum absolute atomic E-state index is 0.000790. The number of rotatable bonds is 8. The summed E-state index contributed by atoms with van der Waals surface area (Å²) in [6, 6.07) is 0. The zero-order valence-electron chi connectivity index (χ0n) is 10.2. The maximum atomic E-state index is 11.8. The summed E-state index contributed by atoms with van der Waals surface area (Å²) < 4.78 is 31.4. The van der Waals surface area contributed by atoms with E-state index in [1.165, 1.54) is 7.11 Å². The number of aliphatic hydroxyl groups excluding tert-OH is 1. The van der Waals surface area contributed by atoms with Gasteiger partial charge in [-0.1, -0.05) is 0 Å². The molecule has 1 rings (SSSR count). The first-order valence-electron chi connectivity index (χ1n) is 5.26. The minimum Gasteiger partial charge on any atom is -0.480 e. The number of carboxylic acids is 1. The van der Waals surface area contributed by atoms with Gasteiger partial charge in [0.2, 0.25) is 10.0 Å². The molecular formula is C9H15N3O6S. The van der Waals surface area contributed by atoms with E-state index < -0.39 is 28.6 Å². The molecule has 108 valence electrons. The lowest BCUT2D eigenvalue weighted by molar-refractivity contribution is -0.137. The van der Waals surface area contributed by atoms with Crippen molar-refractivity contribution < 1.29 is 28.2 Å². The van der Waals surface area contributed by atoms with Crippen LogP contribution < -0.4 is 4.72 Å². The maximum Gasteiger partial charge on any atom is 0.325 e. The third-order valence-corrected chi connectivity index (χ3v) is 3.46. The number of hydrogen-bond acceptors (Lipinski definition) is 6. The number of hydrogen-bond donors (Lipinski definition) is 3. The van der Waals surface area contributed by atoms with Gasteiger partial charge >= 0.3 is 5.97 Å². The lowest BCUT2D eigenvalue weighted by Gasteiger charge is -2.10. The molecule has 1 aromatic rings. The summed E-state index contributed by atoms with van der Waals surface area (Å²) in [5.41, 5.74) is 0. The summed E-state index contributed by atoms with van der Waals surface area (Å²) >= 11 is 0. The Balaban J connectivity index is 2.66. The number of aliphatic hydroxyl groups is 1. The molecule has 0 aliphatic carbocycles. The molecular weight excluding hydrogens is 278 g/mol. The molecule has 0 aromatic carbocycles. The molecule has 10 heteroatoms. The number of aliphatic carboxylic acids is 1. The average Bonchev–Trinajstić information content (AvgIpc) is 2.75. The standard InChI is InChI=1S/C9H15N3O6S/c1-18-6-7(13)2-11-19(16,17)8-3-10-12(4-8)5-9(14)15/h3-4,7,11,13H,2,5-6H2,1H3,(H,14,15). The van der Waals surface area contributed by atoms with Gasteiger partial charge in [0, 0.05) is 19.9 Å². The molecule has 0 spiro atoms. The van der Waals surface area contributed by atoms with E-state index in [0.29, 0.717) is 0 Å². The fourth-order valence-electron chi connectivity index (χ4n) is 1.25. The molecule has 0 saturated heterocycles. The molecule has 1 atom stereocenters. The first kappa shape index (κ1) is 15.6. The van der Waals surface area contributed by atoms with Crippen LogP contribution in [0.25, 0.3) is 0 Å². The van der Waals surface area contributed by atoms with Crippen LogP contribution in [0.5, 0.6) is 0 Å². The predicted octanol–water partition coefficient (Wildman–Crippen LogP) is -1.75. The number of sulfonamides is 1. The smallest absolute Gasteiger partial charge is 0.325 e. The normalized spacial score (nSPS) is 13.4. The summed E-state index contributed by atoms with van der Waals surface area (Å²) in [4.78, 5) is 10.3. The Morgan fingerprint density at radius 1 is 1.63 bits per heavy atom. The number of nitrogens with one attached hydrogen (secondary N) is 1. The van der Waals surface area contributed by atoms with Crippen LogP contribution >= 0.6 is 0 Å². The van der Waals surface area contributed by atoms with Crippen LogP contribution in [-0.4, -0.2) is 60.7 Å². The van der Waals surface area contributed by atoms with Crippen LogP contribution in [-0.2, 0) is 26.1 Å². The second-order valence-electron chi connectivity index (χ2n) is 3.73. The monoisotopic (exact) mass is 293 g/mol. The summed E-state index contributed by atoms with van der Waals surface area (Å²) in [6.45, 7) is -0.636. The van der Waals surface area contributed by atoms with Crippen molar-refractivity contribution in [1.29, 1.82) is 0 Å². The highest BCUT2D eigenvalue weighted by atomic mass is 32.2. The lowest BCUT2D eigenvalue weighted by Crippen LogP contribution is -2.34. The van der Waals surface area contributed by atoms with Crippen LogP contribution in [0.4, 0.5) is 0 Å². The highest BCUT2D eigenvalue weighted by Crippen LogP contribution is 2.06. The quantitative estimate of drug-likeness (QED) is 0.518. The largest absolute Gasteiger partial charge is 0.480 e. The molecule has 3 N–H and O–H groups in total. The number of nitrogens with zero attached hydrogens (tertiary/aromatic N) is 2. The molecule has 19 heavy (non-hydrogen) atoms.